The molecule has 0 bridgehead atoms. The maximum atomic E-state index is 12.9. The van der Waals surface area contributed by atoms with Crippen molar-refractivity contribution < 1.29 is 28.6 Å². The number of rotatable bonds is 7. The van der Waals surface area contributed by atoms with Crippen LogP contribution in [0.2, 0.25) is 5.02 Å². The van der Waals surface area contributed by atoms with Crippen LogP contribution in [0.1, 0.15) is 75.5 Å². The SMILES string of the molecule is COC(=O)[C@@H](CC(=O)OC(C)(C)C)c1ccc2c(c1)N(C[C@@H]1CC[C@H]1C=O)C[C@@]1(CCCc3cc(Cl)ccc31)CO2. The van der Waals surface area contributed by atoms with E-state index >= 15 is 0 Å². The van der Waals surface area contributed by atoms with Crippen LogP contribution in [0, 0.1) is 11.8 Å². The molecule has 1 aliphatic heterocycles. The molecule has 220 valence electrons. The second-order valence-electron chi connectivity index (χ2n) is 12.8. The average molecular weight is 582 g/mol. The van der Waals surface area contributed by atoms with E-state index in [0.29, 0.717) is 18.7 Å². The predicted octanol–water partition coefficient (Wildman–Crippen LogP) is 6.03. The summed E-state index contributed by atoms with van der Waals surface area (Å²) in [5.41, 5.74) is 3.16. The number of fused-ring (bicyclic) bond motifs is 3. The van der Waals surface area contributed by atoms with Crippen molar-refractivity contribution in [2.24, 2.45) is 11.8 Å². The van der Waals surface area contributed by atoms with E-state index in [1.807, 2.05) is 24.3 Å². The number of halogens is 1. The first-order chi connectivity index (χ1) is 19.5. The molecule has 1 heterocycles. The Hall–Kier alpha value is -3.06. The zero-order chi connectivity index (χ0) is 29.4. The lowest BCUT2D eigenvalue weighted by molar-refractivity contribution is -0.158. The molecule has 0 aromatic heterocycles. The summed E-state index contributed by atoms with van der Waals surface area (Å²) in [5, 5.41) is 0.738. The highest BCUT2D eigenvalue weighted by Crippen LogP contribution is 2.46. The molecular weight excluding hydrogens is 542 g/mol. The Bertz CT molecular complexity index is 1320. The molecule has 5 rings (SSSR count). The Balaban J connectivity index is 1.53. The van der Waals surface area contributed by atoms with Crippen LogP contribution in [0.5, 0.6) is 5.75 Å². The van der Waals surface area contributed by atoms with E-state index in [2.05, 4.69) is 17.0 Å². The summed E-state index contributed by atoms with van der Waals surface area (Å²) in [6.45, 7) is 7.35. The molecule has 2 aromatic rings. The molecule has 1 fully saturated rings. The van der Waals surface area contributed by atoms with Gasteiger partial charge in [-0.2, -0.15) is 0 Å². The van der Waals surface area contributed by atoms with E-state index in [9.17, 15) is 14.4 Å². The van der Waals surface area contributed by atoms with Gasteiger partial charge in [0.15, 0.2) is 0 Å². The van der Waals surface area contributed by atoms with Crippen molar-refractivity contribution in [1.82, 2.24) is 0 Å². The van der Waals surface area contributed by atoms with Crippen molar-refractivity contribution in [3.63, 3.8) is 0 Å². The Morgan fingerprint density at radius 3 is 2.68 bits per heavy atom. The van der Waals surface area contributed by atoms with Crippen LogP contribution in [-0.4, -0.2) is 50.6 Å². The number of methoxy groups -OCH3 is 1. The Labute approximate surface area is 247 Å². The van der Waals surface area contributed by atoms with Gasteiger partial charge in [0, 0.05) is 29.4 Å². The number of ether oxygens (including phenoxy) is 3. The third-order valence-electron chi connectivity index (χ3n) is 8.85. The largest absolute Gasteiger partial charge is 0.490 e. The highest BCUT2D eigenvalue weighted by molar-refractivity contribution is 6.30. The van der Waals surface area contributed by atoms with Crippen LogP contribution >= 0.6 is 11.6 Å². The second-order valence-corrected chi connectivity index (χ2v) is 13.3. The van der Waals surface area contributed by atoms with Crippen molar-refractivity contribution in [3.8, 4) is 5.75 Å². The quantitative estimate of drug-likeness (QED) is 0.292. The van der Waals surface area contributed by atoms with E-state index in [4.69, 9.17) is 25.8 Å². The van der Waals surface area contributed by atoms with Gasteiger partial charge >= 0.3 is 11.9 Å². The fourth-order valence-electron chi connectivity index (χ4n) is 6.66. The summed E-state index contributed by atoms with van der Waals surface area (Å²) in [4.78, 5) is 39.8. The zero-order valence-electron chi connectivity index (χ0n) is 24.4. The fourth-order valence-corrected chi connectivity index (χ4v) is 6.86. The van der Waals surface area contributed by atoms with Gasteiger partial charge in [0.1, 0.15) is 17.6 Å². The Morgan fingerprint density at radius 1 is 1.20 bits per heavy atom. The number of aldehydes is 1. The van der Waals surface area contributed by atoms with Crippen molar-refractivity contribution >= 4 is 35.5 Å². The van der Waals surface area contributed by atoms with Gasteiger partial charge in [0.2, 0.25) is 0 Å². The summed E-state index contributed by atoms with van der Waals surface area (Å²) in [5.74, 6) is -0.736. The molecule has 7 nitrogen and oxygen atoms in total. The van der Waals surface area contributed by atoms with Gasteiger partial charge < -0.3 is 23.9 Å². The predicted molar refractivity (Wildman–Crippen MR) is 158 cm³/mol. The lowest BCUT2D eigenvalue weighted by Crippen LogP contribution is -2.48. The third kappa shape index (κ3) is 6.25. The number of hydrogen-bond acceptors (Lipinski definition) is 7. The normalized spacial score (nSPS) is 24.2. The van der Waals surface area contributed by atoms with Crippen LogP contribution in [0.4, 0.5) is 5.69 Å². The molecule has 3 aliphatic rings. The van der Waals surface area contributed by atoms with Crippen LogP contribution < -0.4 is 9.64 Å². The van der Waals surface area contributed by atoms with Gasteiger partial charge in [-0.15, -0.1) is 0 Å². The minimum atomic E-state index is -0.816. The van der Waals surface area contributed by atoms with Gasteiger partial charge in [-0.25, -0.2) is 0 Å². The number of nitrogens with zero attached hydrogens (tertiary/aromatic N) is 1. The first-order valence-electron chi connectivity index (χ1n) is 14.6. The van der Waals surface area contributed by atoms with Crippen LogP contribution in [0.25, 0.3) is 0 Å². The van der Waals surface area contributed by atoms with Gasteiger partial charge in [0.05, 0.1) is 31.7 Å². The van der Waals surface area contributed by atoms with Gasteiger partial charge in [-0.05, 0) is 99.7 Å². The van der Waals surface area contributed by atoms with Crippen molar-refractivity contribution in [2.45, 2.75) is 76.2 Å². The molecule has 1 spiro atoms. The molecule has 4 atom stereocenters. The number of aryl methyl sites for hydroxylation is 1. The van der Waals surface area contributed by atoms with Gasteiger partial charge in [0.25, 0.3) is 0 Å². The Kier molecular flexibility index (Phi) is 8.38. The summed E-state index contributed by atoms with van der Waals surface area (Å²) in [6, 6.07) is 11.9. The molecule has 0 radical (unpaired) electrons. The minimum Gasteiger partial charge on any atom is -0.490 e. The summed E-state index contributed by atoms with van der Waals surface area (Å²) < 4.78 is 17.2. The number of benzene rings is 2. The van der Waals surface area contributed by atoms with Gasteiger partial charge in [-0.3, -0.25) is 9.59 Å². The number of carbonyl (C=O) groups excluding carboxylic acids is 3. The van der Waals surface area contributed by atoms with E-state index in [0.717, 1.165) is 61.4 Å². The monoisotopic (exact) mass is 581 g/mol. The molecule has 0 saturated heterocycles. The molecular formula is C33H40ClNO6. The molecule has 0 amide bonds. The minimum absolute atomic E-state index is 0.0502. The molecule has 0 unspecified atom stereocenters. The van der Waals surface area contributed by atoms with E-state index < -0.39 is 23.5 Å². The first kappa shape index (κ1) is 29.4. The number of esters is 2. The molecule has 2 aromatic carbocycles. The molecule has 8 heteroatoms. The first-order valence-corrected chi connectivity index (χ1v) is 15.0. The van der Waals surface area contributed by atoms with Crippen molar-refractivity contribution in [3.05, 3.63) is 58.1 Å². The van der Waals surface area contributed by atoms with Crippen molar-refractivity contribution in [2.75, 3.05) is 31.7 Å². The lowest BCUT2D eigenvalue weighted by atomic mass is 9.69. The average Bonchev–Trinajstić information content (AvgIpc) is 3.05. The van der Waals surface area contributed by atoms with E-state index in [1.165, 1.54) is 18.2 Å². The highest BCUT2D eigenvalue weighted by atomic mass is 35.5. The summed E-state index contributed by atoms with van der Waals surface area (Å²) in [7, 11) is 1.33. The standard InChI is InChI=1S/C33H40ClNO6/c1-32(2,3)41-30(37)16-26(31(38)39-4)21-9-12-29-28(15-21)35(17-23-7-8-24(23)18-36)19-33(20-40-29)13-5-6-22-14-25(34)10-11-27(22)33/h9-12,14-15,18,23-24,26H,5-8,13,16-17,19-20H2,1-4H3/t23-,24-,26-,33-/m0/s1. The van der Waals surface area contributed by atoms with Gasteiger partial charge in [-0.1, -0.05) is 23.7 Å². The topological polar surface area (TPSA) is 82.1 Å². The number of hydrogen-bond donors (Lipinski definition) is 0. The van der Waals surface area contributed by atoms with Crippen LogP contribution in [-0.2, 0) is 35.7 Å². The van der Waals surface area contributed by atoms with Crippen LogP contribution in [0.15, 0.2) is 36.4 Å². The van der Waals surface area contributed by atoms with E-state index in [-0.39, 0.29) is 23.7 Å². The zero-order valence-corrected chi connectivity index (χ0v) is 25.2. The van der Waals surface area contributed by atoms with Crippen molar-refractivity contribution in [1.29, 1.82) is 0 Å². The maximum Gasteiger partial charge on any atom is 0.313 e. The fraction of sp³-hybridized carbons (Fsp3) is 0.545. The second kappa shape index (κ2) is 11.7. The summed E-state index contributed by atoms with van der Waals surface area (Å²) in [6.07, 6.45) is 5.86. The number of anilines is 1. The van der Waals surface area contributed by atoms with E-state index in [1.54, 1.807) is 20.8 Å². The smallest absolute Gasteiger partial charge is 0.313 e. The highest BCUT2D eigenvalue weighted by Gasteiger charge is 2.43. The summed E-state index contributed by atoms with van der Waals surface area (Å²) >= 11 is 6.38. The van der Waals surface area contributed by atoms with Crippen LogP contribution in [0.3, 0.4) is 0 Å². The Morgan fingerprint density at radius 2 is 2.00 bits per heavy atom. The lowest BCUT2D eigenvalue weighted by Gasteiger charge is -2.43. The third-order valence-corrected chi connectivity index (χ3v) is 9.08. The molecule has 41 heavy (non-hydrogen) atoms. The molecule has 2 aliphatic carbocycles. The number of carbonyl (C=O) groups is 3. The molecule has 0 N–H and O–H groups in total. The maximum absolute atomic E-state index is 12.9. The molecule has 1 saturated carbocycles.